The van der Waals surface area contributed by atoms with Crippen LogP contribution in [0.25, 0.3) is 0 Å². The van der Waals surface area contributed by atoms with Gasteiger partial charge in [0, 0.05) is 12.3 Å². The number of anilines is 1. The molecular formula is C10H10ClNO2. The van der Waals surface area contributed by atoms with E-state index in [-0.39, 0.29) is 0 Å². The highest BCUT2D eigenvalue weighted by atomic mass is 35.5. The lowest BCUT2D eigenvalue weighted by Crippen LogP contribution is -1.93. The van der Waals surface area contributed by atoms with Gasteiger partial charge in [0.1, 0.15) is 0 Å². The Labute approximate surface area is 87.0 Å². The highest BCUT2D eigenvalue weighted by molar-refractivity contribution is 6.34. The highest BCUT2D eigenvalue weighted by Crippen LogP contribution is 2.24. The van der Waals surface area contributed by atoms with E-state index in [9.17, 15) is 4.79 Å². The van der Waals surface area contributed by atoms with E-state index in [0.29, 0.717) is 10.7 Å². The van der Waals surface area contributed by atoms with Gasteiger partial charge in [-0.3, -0.25) is 0 Å². The maximum atomic E-state index is 10.2. The summed E-state index contributed by atoms with van der Waals surface area (Å²) in [4.78, 5) is 10.2. The fourth-order valence-electron chi connectivity index (χ4n) is 0.962. The van der Waals surface area contributed by atoms with Crippen molar-refractivity contribution >= 4 is 23.3 Å². The molecule has 4 heteroatoms. The van der Waals surface area contributed by atoms with E-state index in [0.717, 1.165) is 11.6 Å². The van der Waals surface area contributed by atoms with E-state index in [1.165, 1.54) is 6.20 Å². The minimum Gasteiger partial charge on any atom is -0.478 e. The average Bonchev–Trinajstić information content (AvgIpc) is 2.12. The van der Waals surface area contributed by atoms with E-state index >= 15 is 0 Å². The summed E-state index contributed by atoms with van der Waals surface area (Å²) in [7, 11) is 0. The lowest BCUT2D eigenvalue weighted by atomic mass is 10.2. The summed E-state index contributed by atoms with van der Waals surface area (Å²) in [6.07, 6.45) is 2.35. The Kier molecular flexibility index (Phi) is 3.54. The summed E-state index contributed by atoms with van der Waals surface area (Å²) in [6, 6.07) is 5.51. The number of rotatable bonds is 3. The molecule has 0 saturated carbocycles. The summed E-state index contributed by atoms with van der Waals surface area (Å²) >= 11 is 5.96. The Hall–Kier alpha value is -1.48. The molecule has 0 amide bonds. The molecule has 1 aromatic carbocycles. The average molecular weight is 212 g/mol. The molecule has 0 heterocycles. The minimum absolute atomic E-state index is 0.600. The first-order valence-corrected chi connectivity index (χ1v) is 4.40. The predicted molar refractivity (Wildman–Crippen MR) is 56.6 cm³/mol. The van der Waals surface area contributed by atoms with Crippen LogP contribution in [0.3, 0.4) is 0 Å². The Morgan fingerprint density at radius 1 is 1.57 bits per heavy atom. The van der Waals surface area contributed by atoms with Crippen LogP contribution in [-0.4, -0.2) is 11.1 Å². The smallest absolute Gasteiger partial charge is 0.329 e. The van der Waals surface area contributed by atoms with Gasteiger partial charge in [0.15, 0.2) is 0 Å². The van der Waals surface area contributed by atoms with Crippen LogP contribution >= 0.6 is 11.6 Å². The van der Waals surface area contributed by atoms with E-state index in [1.54, 1.807) is 6.07 Å². The summed E-state index contributed by atoms with van der Waals surface area (Å²) in [5.41, 5.74) is 1.64. The van der Waals surface area contributed by atoms with Gasteiger partial charge in [-0.05, 0) is 18.6 Å². The van der Waals surface area contributed by atoms with Crippen LogP contribution in [0.15, 0.2) is 30.5 Å². The van der Waals surface area contributed by atoms with Gasteiger partial charge in [0.25, 0.3) is 0 Å². The van der Waals surface area contributed by atoms with Crippen molar-refractivity contribution < 1.29 is 9.90 Å². The van der Waals surface area contributed by atoms with Crippen LogP contribution in [0.4, 0.5) is 5.69 Å². The number of hydrogen-bond donors (Lipinski definition) is 2. The maximum Gasteiger partial charge on any atom is 0.329 e. The summed E-state index contributed by atoms with van der Waals surface area (Å²) in [6.45, 7) is 1.88. The van der Waals surface area contributed by atoms with Crippen molar-refractivity contribution in [2.24, 2.45) is 0 Å². The zero-order valence-corrected chi connectivity index (χ0v) is 8.38. The van der Waals surface area contributed by atoms with Crippen molar-refractivity contribution in [1.82, 2.24) is 0 Å². The standard InChI is InChI=1S/C10H10ClNO2/c1-7-3-2-4-8(10(7)11)12-6-5-9(13)14/h2-6,12H,1H3,(H,13,14)/b6-5+. The predicted octanol–water partition coefficient (Wildman–Crippen LogP) is 2.66. The molecule has 3 nitrogen and oxygen atoms in total. The number of aliphatic carboxylic acids is 1. The van der Waals surface area contributed by atoms with Crippen molar-refractivity contribution in [1.29, 1.82) is 0 Å². The molecule has 0 fully saturated rings. The largest absolute Gasteiger partial charge is 0.478 e. The SMILES string of the molecule is Cc1cccc(N/C=C/C(=O)O)c1Cl. The molecule has 0 aliphatic rings. The number of nitrogens with one attached hydrogen (secondary N) is 1. The molecule has 0 atom stereocenters. The van der Waals surface area contributed by atoms with Gasteiger partial charge >= 0.3 is 5.97 Å². The second kappa shape index (κ2) is 4.67. The number of carboxylic acids is 1. The van der Waals surface area contributed by atoms with Crippen molar-refractivity contribution in [3.63, 3.8) is 0 Å². The molecule has 1 rings (SSSR count). The Bertz CT molecular complexity index is 374. The molecule has 2 N–H and O–H groups in total. The third-order valence-electron chi connectivity index (χ3n) is 1.66. The molecule has 0 aliphatic carbocycles. The summed E-state index contributed by atoms with van der Waals surface area (Å²) in [5.74, 6) is -0.999. The molecule has 0 radical (unpaired) electrons. The topological polar surface area (TPSA) is 49.3 Å². The molecule has 74 valence electrons. The Balaban J connectivity index is 2.77. The van der Waals surface area contributed by atoms with Crippen LogP contribution in [-0.2, 0) is 4.79 Å². The molecule has 0 aromatic heterocycles. The number of halogens is 1. The minimum atomic E-state index is -0.999. The third kappa shape index (κ3) is 2.78. The molecule has 0 unspecified atom stereocenters. The van der Waals surface area contributed by atoms with Crippen LogP contribution < -0.4 is 5.32 Å². The van der Waals surface area contributed by atoms with Crippen LogP contribution in [0.5, 0.6) is 0 Å². The Morgan fingerprint density at radius 3 is 2.93 bits per heavy atom. The van der Waals surface area contributed by atoms with E-state index < -0.39 is 5.97 Å². The van der Waals surface area contributed by atoms with Crippen molar-refractivity contribution in [2.75, 3.05) is 5.32 Å². The lowest BCUT2D eigenvalue weighted by Gasteiger charge is -2.05. The van der Waals surface area contributed by atoms with Gasteiger partial charge in [-0.2, -0.15) is 0 Å². The zero-order chi connectivity index (χ0) is 10.6. The molecule has 14 heavy (non-hydrogen) atoms. The van der Waals surface area contributed by atoms with E-state index in [1.807, 2.05) is 19.1 Å². The van der Waals surface area contributed by atoms with Gasteiger partial charge in [-0.1, -0.05) is 23.7 Å². The second-order valence-corrected chi connectivity index (χ2v) is 3.13. The quantitative estimate of drug-likeness (QED) is 0.756. The van der Waals surface area contributed by atoms with Crippen LogP contribution in [0.2, 0.25) is 5.02 Å². The monoisotopic (exact) mass is 211 g/mol. The van der Waals surface area contributed by atoms with Gasteiger partial charge in [-0.15, -0.1) is 0 Å². The van der Waals surface area contributed by atoms with Gasteiger partial charge in [0.05, 0.1) is 10.7 Å². The molecule has 0 saturated heterocycles. The van der Waals surface area contributed by atoms with E-state index in [4.69, 9.17) is 16.7 Å². The van der Waals surface area contributed by atoms with Crippen molar-refractivity contribution in [3.8, 4) is 0 Å². The first-order valence-electron chi connectivity index (χ1n) is 4.02. The first kappa shape index (κ1) is 10.6. The number of carboxylic acid groups (broad SMARTS) is 1. The number of benzene rings is 1. The first-order chi connectivity index (χ1) is 6.61. The highest BCUT2D eigenvalue weighted by Gasteiger charge is 1.99. The van der Waals surface area contributed by atoms with Crippen molar-refractivity contribution in [3.05, 3.63) is 41.1 Å². The van der Waals surface area contributed by atoms with Gasteiger partial charge < -0.3 is 10.4 Å². The van der Waals surface area contributed by atoms with Crippen molar-refractivity contribution in [2.45, 2.75) is 6.92 Å². The van der Waals surface area contributed by atoms with Crippen LogP contribution in [0, 0.1) is 6.92 Å². The summed E-state index contributed by atoms with van der Waals surface area (Å²) < 4.78 is 0. The summed E-state index contributed by atoms with van der Waals surface area (Å²) in [5, 5.41) is 11.7. The maximum absolute atomic E-state index is 10.2. The lowest BCUT2D eigenvalue weighted by molar-refractivity contribution is -0.131. The molecular weight excluding hydrogens is 202 g/mol. The molecule has 0 bridgehead atoms. The van der Waals surface area contributed by atoms with Gasteiger partial charge in [0.2, 0.25) is 0 Å². The van der Waals surface area contributed by atoms with Gasteiger partial charge in [-0.25, -0.2) is 4.79 Å². The van der Waals surface area contributed by atoms with E-state index in [2.05, 4.69) is 5.32 Å². The fourth-order valence-corrected chi connectivity index (χ4v) is 1.14. The molecule has 0 spiro atoms. The third-order valence-corrected chi connectivity index (χ3v) is 2.16. The normalized spacial score (nSPS) is 10.4. The molecule has 1 aromatic rings. The number of hydrogen-bond acceptors (Lipinski definition) is 2. The van der Waals surface area contributed by atoms with Crippen LogP contribution in [0.1, 0.15) is 5.56 Å². The second-order valence-electron chi connectivity index (χ2n) is 2.75. The fraction of sp³-hybridized carbons (Fsp3) is 0.100. The number of carbonyl (C=O) groups is 1. The Morgan fingerprint density at radius 2 is 2.29 bits per heavy atom. The zero-order valence-electron chi connectivity index (χ0n) is 7.62. The number of aryl methyl sites for hydroxylation is 1. The molecule has 0 aliphatic heterocycles.